The molecule has 2 rings (SSSR count). The number of nitrogens with one attached hydrogen (secondary N) is 2. The first-order chi connectivity index (χ1) is 8.29. The monoisotopic (exact) mass is 234 g/mol. The zero-order valence-corrected chi connectivity index (χ0v) is 10.7. The summed E-state index contributed by atoms with van der Waals surface area (Å²) in [6.07, 6.45) is 2.43. The van der Waals surface area contributed by atoms with Crippen molar-refractivity contribution in [2.24, 2.45) is 0 Å². The van der Waals surface area contributed by atoms with Crippen molar-refractivity contribution in [3.8, 4) is 5.75 Å². The van der Waals surface area contributed by atoms with Crippen LogP contribution in [0.4, 0.5) is 0 Å². The molecule has 1 aromatic carbocycles. The third kappa shape index (κ3) is 3.45. The summed E-state index contributed by atoms with van der Waals surface area (Å²) in [5, 5.41) is 7.08. The van der Waals surface area contributed by atoms with Gasteiger partial charge in [-0.05, 0) is 50.6 Å². The molecule has 0 bridgehead atoms. The minimum absolute atomic E-state index is 0.383. The fourth-order valence-electron chi connectivity index (χ4n) is 2.35. The van der Waals surface area contributed by atoms with Crippen LogP contribution in [-0.2, 0) is 0 Å². The van der Waals surface area contributed by atoms with Crippen LogP contribution in [0.2, 0.25) is 0 Å². The molecule has 1 fully saturated rings. The van der Waals surface area contributed by atoms with Gasteiger partial charge in [0.2, 0.25) is 0 Å². The third-order valence-corrected chi connectivity index (χ3v) is 3.42. The number of methoxy groups -OCH3 is 1. The Kier molecular flexibility index (Phi) is 4.40. The summed E-state index contributed by atoms with van der Waals surface area (Å²) in [6.45, 7) is 4.47. The van der Waals surface area contributed by atoms with Crippen LogP contribution in [0.1, 0.15) is 31.4 Å². The molecular formula is C14H22N2O. The molecule has 1 aliphatic heterocycles. The Hall–Kier alpha value is -1.06. The van der Waals surface area contributed by atoms with Crippen molar-refractivity contribution in [3.63, 3.8) is 0 Å². The van der Waals surface area contributed by atoms with Crippen LogP contribution in [0.25, 0.3) is 0 Å². The highest BCUT2D eigenvalue weighted by Crippen LogP contribution is 2.20. The van der Waals surface area contributed by atoms with Crippen molar-refractivity contribution in [2.45, 2.75) is 31.8 Å². The quantitative estimate of drug-likeness (QED) is 0.837. The molecule has 0 aromatic heterocycles. The summed E-state index contributed by atoms with van der Waals surface area (Å²) in [6, 6.07) is 9.32. The standard InChI is InChI=1S/C14H22N2O/c1-11(16-13-6-8-15-9-7-13)12-4-3-5-14(10-12)17-2/h3-5,10-11,13,15-16H,6-9H2,1-2H3/t11-/m1/s1. The van der Waals surface area contributed by atoms with Gasteiger partial charge in [-0.25, -0.2) is 0 Å². The highest BCUT2D eigenvalue weighted by atomic mass is 16.5. The second-order valence-electron chi connectivity index (χ2n) is 4.69. The van der Waals surface area contributed by atoms with Gasteiger partial charge in [-0.1, -0.05) is 12.1 Å². The van der Waals surface area contributed by atoms with Crippen LogP contribution in [0.15, 0.2) is 24.3 Å². The molecule has 1 heterocycles. The molecule has 3 heteroatoms. The van der Waals surface area contributed by atoms with Crippen LogP contribution in [-0.4, -0.2) is 26.2 Å². The molecule has 3 nitrogen and oxygen atoms in total. The molecule has 17 heavy (non-hydrogen) atoms. The molecular weight excluding hydrogens is 212 g/mol. The molecule has 0 aliphatic carbocycles. The number of ether oxygens (including phenoxy) is 1. The van der Waals surface area contributed by atoms with E-state index in [0.29, 0.717) is 12.1 Å². The van der Waals surface area contributed by atoms with Gasteiger partial charge in [-0.3, -0.25) is 0 Å². The molecule has 94 valence electrons. The van der Waals surface area contributed by atoms with E-state index in [1.807, 2.05) is 6.07 Å². The summed E-state index contributed by atoms with van der Waals surface area (Å²) < 4.78 is 5.26. The summed E-state index contributed by atoms with van der Waals surface area (Å²) in [4.78, 5) is 0. The second-order valence-corrected chi connectivity index (χ2v) is 4.69. The fourth-order valence-corrected chi connectivity index (χ4v) is 2.35. The number of piperidine rings is 1. The molecule has 0 amide bonds. The van der Waals surface area contributed by atoms with E-state index in [-0.39, 0.29) is 0 Å². The van der Waals surface area contributed by atoms with Gasteiger partial charge in [-0.15, -0.1) is 0 Å². The Bertz CT molecular complexity index is 348. The van der Waals surface area contributed by atoms with Crippen LogP contribution in [0.3, 0.4) is 0 Å². The highest BCUT2D eigenvalue weighted by Gasteiger charge is 2.16. The summed E-state index contributed by atoms with van der Waals surface area (Å²) in [5.41, 5.74) is 1.29. The molecule has 1 saturated heterocycles. The molecule has 0 radical (unpaired) electrons. The predicted molar refractivity (Wildman–Crippen MR) is 70.4 cm³/mol. The summed E-state index contributed by atoms with van der Waals surface area (Å²) in [7, 11) is 1.71. The minimum atomic E-state index is 0.383. The van der Waals surface area contributed by atoms with Crippen molar-refractivity contribution in [1.29, 1.82) is 0 Å². The Morgan fingerprint density at radius 1 is 1.35 bits per heavy atom. The fraction of sp³-hybridized carbons (Fsp3) is 0.571. The lowest BCUT2D eigenvalue weighted by atomic mass is 10.0. The number of hydrogen-bond acceptors (Lipinski definition) is 3. The van der Waals surface area contributed by atoms with Crippen molar-refractivity contribution in [3.05, 3.63) is 29.8 Å². The minimum Gasteiger partial charge on any atom is -0.497 e. The molecule has 2 N–H and O–H groups in total. The van der Waals surface area contributed by atoms with E-state index in [9.17, 15) is 0 Å². The first-order valence-corrected chi connectivity index (χ1v) is 6.40. The Labute approximate surface area is 104 Å². The first kappa shape index (κ1) is 12.4. The number of rotatable bonds is 4. The summed E-state index contributed by atoms with van der Waals surface area (Å²) >= 11 is 0. The lowest BCUT2D eigenvalue weighted by Gasteiger charge is -2.27. The molecule has 0 spiro atoms. The average molecular weight is 234 g/mol. The Morgan fingerprint density at radius 3 is 2.82 bits per heavy atom. The van der Waals surface area contributed by atoms with Crippen LogP contribution >= 0.6 is 0 Å². The summed E-state index contributed by atoms with van der Waals surface area (Å²) in [5.74, 6) is 0.932. The third-order valence-electron chi connectivity index (χ3n) is 3.42. The van der Waals surface area contributed by atoms with Crippen molar-refractivity contribution < 1.29 is 4.74 Å². The zero-order chi connectivity index (χ0) is 12.1. The predicted octanol–water partition coefficient (Wildman–Crippen LogP) is 2.10. The van der Waals surface area contributed by atoms with E-state index in [4.69, 9.17) is 4.74 Å². The second kappa shape index (κ2) is 6.03. The van der Waals surface area contributed by atoms with Gasteiger partial charge in [0.15, 0.2) is 0 Å². The molecule has 1 aromatic rings. The highest BCUT2D eigenvalue weighted by molar-refractivity contribution is 5.30. The van der Waals surface area contributed by atoms with E-state index in [1.165, 1.54) is 18.4 Å². The lowest BCUT2D eigenvalue weighted by molar-refractivity contribution is 0.358. The van der Waals surface area contributed by atoms with Crippen molar-refractivity contribution >= 4 is 0 Å². The van der Waals surface area contributed by atoms with E-state index in [0.717, 1.165) is 18.8 Å². The number of benzene rings is 1. The molecule has 0 saturated carbocycles. The molecule has 1 aliphatic rings. The first-order valence-electron chi connectivity index (χ1n) is 6.40. The van der Waals surface area contributed by atoms with E-state index in [2.05, 4.69) is 35.8 Å². The number of hydrogen-bond donors (Lipinski definition) is 2. The Balaban J connectivity index is 1.95. The normalized spacial score (nSPS) is 18.9. The van der Waals surface area contributed by atoms with Gasteiger partial charge in [-0.2, -0.15) is 0 Å². The van der Waals surface area contributed by atoms with Gasteiger partial charge in [0, 0.05) is 12.1 Å². The topological polar surface area (TPSA) is 33.3 Å². The van der Waals surface area contributed by atoms with Gasteiger partial charge < -0.3 is 15.4 Å². The molecule has 0 unspecified atom stereocenters. The van der Waals surface area contributed by atoms with Crippen LogP contribution in [0, 0.1) is 0 Å². The average Bonchev–Trinajstić information content (AvgIpc) is 2.40. The van der Waals surface area contributed by atoms with Gasteiger partial charge in [0.05, 0.1) is 7.11 Å². The lowest BCUT2D eigenvalue weighted by Crippen LogP contribution is -2.40. The largest absolute Gasteiger partial charge is 0.497 e. The van der Waals surface area contributed by atoms with E-state index >= 15 is 0 Å². The maximum atomic E-state index is 5.26. The maximum absolute atomic E-state index is 5.26. The van der Waals surface area contributed by atoms with Crippen LogP contribution < -0.4 is 15.4 Å². The van der Waals surface area contributed by atoms with Crippen LogP contribution in [0.5, 0.6) is 5.75 Å². The van der Waals surface area contributed by atoms with E-state index < -0.39 is 0 Å². The zero-order valence-electron chi connectivity index (χ0n) is 10.7. The van der Waals surface area contributed by atoms with Gasteiger partial charge in [0.25, 0.3) is 0 Å². The van der Waals surface area contributed by atoms with Crippen molar-refractivity contribution in [1.82, 2.24) is 10.6 Å². The maximum Gasteiger partial charge on any atom is 0.119 e. The molecule has 1 atom stereocenters. The smallest absolute Gasteiger partial charge is 0.119 e. The van der Waals surface area contributed by atoms with Gasteiger partial charge in [0.1, 0.15) is 5.75 Å². The van der Waals surface area contributed by atoms with E-state index in [1.54, 1.807) is 7.11 Å². The van der Waals surface area contributed by atoms with Gasteiger partial charge >= 0.3 is 0 Å². The Morgan fingerprint density at radius 2 is 2.12 bits per heavy atom. The SMILES string of the molecule is COc1cccc([C@@H](C)NC2CCNCC2)c1. The van der Waals surface area contributed by atoms with Crippen molar-refractivity contribution in [2.75, 3.05) is 20.2 Å².